The van der Waals surface area contributed by atoms with E-state index in [0.717, 1.165) is 0 Å². The second kappa shape index (κ2) is 7.55. The standard InChI is InChI=1S/C19H17N3O3S/c1-2-25-19(24)14-10-8-13(9-11-14)18-22-17(20)16(26(18)21)15(23)12-6-4-3-5-7-12/h3-11H,2,21H2,1H3,(H-,20,23)/p+1. The number of aliphatic hydroxyl groups excluding tert-OH is 1. The van der Waals surface area contributed by atoms with Gasteiger partial charge in [-0.2, -0.15) is 4.99 Å². The highest BCUT2D eigenvalue weighted by Crippen LogP contribution is 2.29. The molecule has 1 aliphatic heterocycles. The molecule has 26 heavy (non-hydrogen) atoms. The molecule has 0 fully saturated rings. The number of nitrogens with two attached hydrogens (primary N) is 1. The zero-order chi connectivity index (χ0) is 18.7. The van der Waals surface area contributed by atoms with Crippen LogP contribution in [0.1, 0.15) is 28.4 Å². The van der Waals surface area contributed by atoms with Gasteiger partial charge in [0.05, 0.1) is 17.7 Å². The van der Waals surface area contributed by atoms with Gasteiger partial charge in [0.1, 0.15) is 0 Å². The minimum atomic E-state index is -1.04. The average Bonchev–Trinajstić information content (AvgIpc) is 2.96. The first-order valence-electron chi connectivity index (χ1n) is 7.95. The fourth-order valence-corrected chi connectivity index (χ4v) is 3.85. The predicted molar refractivity (Wildman–Crippen MR) is 104 cm³/mol. The lowest BCUT2D eigenvalue weighted by atomic mass is 10.1. The van der Waals surface area contributed by atoms with E-state index in [9.17, 15) is 9.90 Å². The third-order valence-electron chi connectivity index (χ3n) is 3.76. The molecule has 0 saturated carbocycles. The lowest BCUT2D eigenvalue weighted by molar-refractivity contribution is 0.0526. The molecule has 1 heterocycles. The van der Waals surface area contributed by atoms with Crippen molar-refractivity contribution in [2.45, 2.75) is 6.92 Å². The third-order valence-corrected chi connectivity index (χ3v) is 5.33. The SMILES string of the molecule is CCOC(=O)c1ccc(C2=NC(=N)C(=C(O)c3ccccc3)[S+]2N)cc1. The summed E-state index contributed by atoms with van der Waals surface area (Å²) < 4.78 is 4.96. The molecule has 0 saturated heterocycles. The predicted octanol–water partition coefficient (Wildman–Crippen LogP) is 3.02. The highest BCUT2D eigenvalue weighted by molar-refractivity contribution is 8.14. The molecule has 0 aromatic heterocycles. The number of amidine groups is 1. The van der Waals surface area contributed by atoms with E-state index in [1.54, 1.807) is 55.5 Å². The van der Waals surface area contributed by atoms with E-state index < -0.39 is 17.1 Å². The minimum Gasteiger partial charge on any atom is -0.503 e. The summed E-state index contributed by atoms with van der Waals surface area (Å²) >= 11 is -1.04. The monoisotopic (exact) mass is 368 g/mol. The maximum atomic E-state index is 11.7. The van der Waals surface area contributed by atoms with Crippen molar-refractivity contribution in [2.75, 3.05) is 6.61 Å². The van der Waals surface area contributed by atoms with E-state index in [-0.39, 0.29) is 11.6 Å². The highest BCUT2D eigenvalue weighted by Gasteiger charge is 2.43. The summed E-state index contributed by atoms with van der Waals surface area (Å²) in [6.07, 6.45) is 0. The maximum Gasteiger partial charge on any atom is 0.338 e. The van der Waals surface area contributed by atoms with Gasteiger partial charge in [0, 0.05) is 5.56 Å². The zero-order valence-corrected chi connectivity index (χ0v) is 14.9. The van der Waals surface area contributed by atoms with Crippen LogP contribution in [0.2, 0.25) is 0 Å². The summed E-state index contributed by atoms with van der Waals surface area (Å²) in [4.78, 5) is 16.3. The molecule has 2 aromatic carbocycles. The summed E-state index contributed by atoms with van der Waals surface area (Å²) in [6, 6.07) is 15.6. The Bertz CT molecular complexity index is 905. The molecule has 2 aromatic rings. The normalized spacial score (nSPS) is 18.5. The van der Waals surface area contributed by atoms with Crippen LogP contribution >= 0.6 is 0 Å². The van der Waals surface area contributed by atoms with Gasteiger partial charge in [0.25, 0.3) is 9.95 Å². The first-order chi connectivity index (χ1) is 12.5. The number of nitrogens with zero attached hydrogens (tertiary/aromatic N) is 1. The summed E-state index contributed by atoms with van der Waals surface area (Å²) in [5.41, 5.74) is 1.72. The van der Waals surface area contributed by atoms with Crippen molar-refractivity contribution in [3.8, 4) is 0 Å². The molecule has 0 radical (unpaired) electrons. The highest BCUT2D eigenvalue weighted by atomic mass is 32.2. The van der Waals surface area contributed by atoms with E-state index in [1.165, 1.54) is 0 Å². The van der Waals surface area contributed by atoms with Crippen molar-refractivity contribution in [2.24, 2.45) is 10.1 Å². The molecular formula is C19H18N3O3S+. The number of ether oxygens (including phenoxy) is 1. The number of rotatable bonds is 4. The average molecular weight is 368 g/mol. The topological polar surface area (TPSA) is 109 Å². The van der Waals surface area contributed by atoms with Gasteiger partial charge in [-0.15, -0.1) is 5.14 Å². The minimum absolute atomic E-state index is 0.0386. The van der Waals surface area contributed by atoms with Crippen molar-refractivity contribution in [1.29, 1.82) is 5.41 Å². The Morgan fingerprint density at radius 2 is 1.81 bits per heavy atom. The molecule has 0 bridgehead atoms. The molecule has 1 aliphatic rings. The molecule has 4 N–H and O–H groups in total. The van der Waals surface area contributed by atoms with E-state index in [1.807, 2.05) is 6.07 Å². The summed E-state index contributed by atoms with van der Waals surface area (Å²) in [5, 5.41) is 25.4. The van der Waals surface area contributed by atoms with Gasteiger partial charge in [0.2, 0.25) is 5.84 Å². The van der Waals surface area contributed by atoms with Crippen LogP contribution in [0.3, 0.4) is 0 Å². The summed E-state index contributed by atoms with van der Waals surface area (Å²) in [5.74, 6) is -0.487. The Kier molecular flexibility index (Phi) is 5.20. The van der Waals surface area contributed by atoms with Gasteiger partial charge in [-0.1, -0.05) is 30.3 Å². The number of carbonyl (C=O) groups is 1. The second-order valence-corrected chi connectivity index (χ2v) is 6.92. The Morgan fingerprint density at radius 1 is 1.15 bits per heavy atom. The number of hydrogen-bond donors (Lipinski definition) is 3. The lowest BCUT2D eigenvalue weighted by Crippen LogP contribution is -2.24. The van der Waals surface area contributed by atoms with Crippen LogP contribution in [0, 0.1) is 5.41 Å². The van der Waals surface area contributed by atoms with Gasteiger partial charge >= 0.3 is 5.97 Å². The van der Waals surface area contributed by atoms with Crippen molar-refractivity contribution in [3.63, 3.8) is 0 Å². The number of hydrogen-bond acceptors (Lipinski definition) is 5. The van der Waals surface area contributed by atoms with Crippen LogP contribution in [0.4, 0.5) is 0 Å². The van der Waals surface area contributed by atoms with Gasteiger partial charge in [-0.3, -0.25) is 5.41 Å². The lowest BCUT2D eigenvalue weighted by Gasteiger charge is -2.04. The van der Waals surface area contributed by atoms with Crippen molar-refractivity contribution in [3.05, 3.63) is 76.2 Å². The Morgan fingerprint density at radius 3 is 2.42 bits per heavy atom. The number of aliphatic imine (C=N–C) groups is 1. The van der Waals surface area contributed by atoms with Crippen LogP contribution < -0.4 is 5.14 Å². The summed E-state index contributed by atoms with van der Waals surface area (Å²) in [6.45, 7) is 2.06. The third kappa shape index (κ3) is 3.40. The van der Waals surface area contributed by atoms with Gasteiger partial charge < -0.3 is 9.84 Å². The molecular weight excluding hydrogens is 350 g/mol. The first-order valence-corrected chi connectivity index (χ1v) is 9.24. The second-order valence-electron chi connectivity index (χ2n) is 5.44. The first kappa shape index (κ1) is 17.9. The fourth-order valence-electron chi connectivity index (χ4n) is 2.50. The zero-order valence-electron chi connectivity index (χ0n) is 14.1. The molecule has 3 rings (SSSR count). The molecule has 1 unspecified atom stereocenters. The van der Waals surface area contributed by atoms with Gasteiger partial charge in [-0.25, -0.2) is 4.79 Å². The Labute approximate surface area is 154 Å². The maximum absolute atomic E-state index is 11.7. The molecule has 7 heteroatoms. The van der Waals surface area contributed by atoms with Crippen LogP contribution in [-0.4, -0.2) is 28.6 Å². The smallest absolute Gasteiger partial charge is 0.338 e. The van der Waals surface area contributed by atoms with Crippen molar-refractivity contribution in [1.82, 2.24) is 0 Å². The van der Waals surface area contributed by atoms with Crippen molar-refractivity contribution >= 4 is 33.7 Å². The van der Waals surface area contributed by atoms with E-state index >= 15 is 0 Å². The fraction of sp³-hybridized carbons (Fsp3) is 0.105. The number of aliphatic hydroxyl groups is 1. The molecule has 0 amide bonds. The van der Waals surface area contributed by atoms with Gasteiger partial charge in [0.15, 0.2) is 16.8 Å². The number of benzene rings is 2. The van der Waals surface area contributed by atoms with E-state index in [4.69, 9.17) is 15.3 Å². The number of esters is 1. The molecule has 0 aliphatic carbocycles. The van der Waals surface area contributed by atoms with Crippen LogP contribution in [0.5, 0.6) is 0 Å². The van der Waals surface area contributed by atoms with Crippen molar-refractivity contribution < 1.29 is 14.6 Å². The Hall–Kier alpha value is -2.90. The number of carbonyl (C=O) groups excluding carboxylic acids is 1. The molecule has 0 spiro atoms. The van der Waals surface area contributed by atoms with Gasteiger partial charge in [-0.05, 0) is 31.2 Å². The van der Waals surface area contributed by atoms with E-state index in [0.29, 0.717) is 33.2 Å². The van der Waals surface area contributed by atoms with Crippen LogP contribution in [0.15, 0.2) is 64.5 Å². The van der Waals surface area contributed by atoms with E-state index in [2.05, 4.69) is 4.99 Å². The van der Waals surface area contributed by atoms with Crippen LogP contribution in [0.25, 0.3) is 5.76 Å². The quantitative estimate of drug-likeness (QED) is 0.438. The molecule has 6 nitrogen and oxygen atoms in total. The Balaban J connectivity index is 1.90. The molecule has 1 atom stereocenters. The largest absolute Gasteiger partial charge is 0.503 e. The molecule has 132 valence electrons. The summed E-state index contributed by atoms with van der Waals surface area (Å²) in [7, 11) is 0. The van der Waals surface area contributed by atoms with Crippen LogP contribution in [-0.2, 0) is 15.8 Å². The number of nitrogens with one attached hydrogen (secondary N) is 1.